The van der Waals surface area contributed by atoms with Crippen LogP contribution in [0.3, 0.4) is 0 Å². The van der Waals surface area contributed by atoms with Gasteiger partial charge in [-0.05, 0) is 38.4 Å². The van der Waals surface area contributed by atoms with Crippen molar-refractivity contribution in [3.05, 3.63) is 35.4 Å². The van der Waals surface area contributed by atoms with Crippen molar-refractivity contribution >= 4 is 15.8 Å². The molecule has 2 aliphatic rings. The molecule has 0 amide bonds. The van der Waals surface area contributed by atoms with Gasteiger partial charge in [0, 0.05) is 52.4 Å². The van der Waals surface area contributed by atoms with Crippen molar-refractivity contribution in [2.24, 2.45) is 4.99 Å². The molecule has 2 heterocycles. The summed E-state index contributed by atoms with van der Waals surface area (Å²) in [5.41, 5.74) is 2.51. The third-order valence-corrected chi connectivity index (χ3v) is 8.96. The van der Waals surface area contributed by atoms with E-state index < -0.39 is 14.6 Å². The Morgan fingerprint density at radius 3 is 2.19 bits per heavy atom. The topological polar surface area (TPSA) is 68.2 Å². The van der Waals surface area contributed by atoms with E-state index in [1.54, 1.807) is 13.8 Å². The molecule has 0 spiro atoms. The summed E-state index contributed by atoms with van der Waals surface area (Å²) in [5.74, 6) is 0.967. The fraction of sp³-hybridized carbons (Fsp3) is 0.696. The molecule has 1 aromatic rings. The second kappa shape index (κ2) is 10.3. The van der Waals surface area contributed by atoms with Crippen molar-refractivity contribution in [2.45, 2.75) is 45.5 Å². The molecule has 0 unspecified atom stereocenters. The van der Waals surface area contributed by atoms with E-state index in [2.05, 4.69) is 51.2 Å². The number of piperazine rings is 1. The Morgan fingerprint density at radius 2 is 1.61 bits per heavy atom. The number of aliphatic imine (C=N–C) groups is 1. The van der Waals surface area contributed by atoms with Crippen LogP contribution in [0.2, 0.25) is 0 Å². The summed E-state index contributed by atoms with van der Waals surface area (Å²) in [5, 5.41) is 3.33. The number of likely N-dealkylation sites (N-methyl/N-ethyl adjacent to an activating group) is 1. The van der Waals surface area contributed by atoms with Crippen LogP contribution in [0.1, 0.15) is 38.8 Å². The molecule has 0 atom stereocenters. The van der Waals surface area contributed by atoms with Crippen LogP contribution in [0.4, 0.5) is 0 Å². The standard InChI is InChI=1S/C23H39N5O2S/c1-5-24-22(28-15-16-31(29,30)23(3,4)19-28)25-17-20-7-9-21(10-8-20)18-27-13-11-26(6-2)12-14-27/h7-10H,5-6,11-19H2,1-4H3,(H,24,25). The Balaban J connectivity index is 1.59. The molecule has 7 nitrogen and oxygen atoms in total. The van der Waals surface area contributed by atoms with Crippen LogP contribution in [0.5, 0.6) is 0 Å². The van der Waals surface area contributed by atoms with Gasteiger partial charge in [-0.2, -0.15) is 0 Å². The number of hydrogen-bond donors (Lipinski definition) is 1. The number of guanidine groups is 1. The maximum Gasteiger partial charge on any atom is 0.194 e. The molecule has 2 aliphatic heterocycles. The lowest BCUT2D eigenvalue weighted by atomic mass is 10.1. The number of hydrogen-bond acceptors (Lipinski definition) is 5. The van der Waals surface area contributed by atoms with Crippen molar-refractivity contribution in [1.82, 2.24) is 20.0 Å². The summed E-state index contributed by atoms with van der Waals surface area (Å²) in [7, 11) is -3.06. The van der Waals surface area contributed by atoms with E-state index in [1.165, 1.54) is 11.1 Å². The smallest absolute Gasteiger partial charge is 0.194 e. The Hall–Kier alpha value is -1.64. The minimum atomic E-state index is -3.06. The number of benzene rings is 1. The molecule has 1 N–H and O–H groups in total. The first-order chi connectivity index (χ1) is 14.7. The first kappa shape index (κ1) is 24.0. The van der Waals surface area contributed by atoms with Crippen molar-refractivity contribution < 1.29 is 8.42 Å². The van der Waals surface area contributed by atoms with Gasteiger partial charge in [0.2, 0.25) is 0 Å². The zero-order valence-corrected chi connectivity index (χ0v) is 20.4. The number of nitrogens with zero attached hydrogens (tertiary/aromatic N) is 4. The van der Waals surface area contributed by atoms with Gasteiger partial charge in [-0.1, -0.05) is 31.2 Å². The van der Waals surface area contributed by atoms with Gasteiger partial charge in [-0.25, -0.2) is 13.4 Å². The maximum absolute atomic E-state index is 12.3. The van der Waals surface area contributed by atoms with Crippen LogP contribution >= 0.6 is 0 Å². The lowest BCUT2D eigenvalue weighted by Crippen LogP contribution is -2.57. The lowest BCUT2D eigenvalue weighted by molar-refractivity contribution is 0.132. The highest BCUT2D eigenvalue weighted by Gasteiger charge is 2.40. The van der Waals surface area contributed by atoms with Gasteiger partial charge in [-0.15, -0.1) is 0 Å². The Kier molecular flexibility index (Phi) is 7.99. The zero-order valence-electron chi connectivity index (χ0n) is 19.6. The molecule has 0 aliphatic carbocycles. The van der Waals surface area contributed by atoms with E-state index >= 15 is 0 Å². The van der Waals surface area contributed by atoms with Crippen LogP contribution in [0.25, 0.3) is 0 Å². The Labute approximate surface area is 188 Å². The SMILES string of the molecule is CCNC(=NCc1ccc(CN2CCN(CC)CC2)cc1)N1CCS(=O)(=O)C(C)(C)C1. The second-order valence-electron chi connectivity index (χ2n) is 9.20. The number of sulfone groups is 1. The van der Waals surface area contributed by atoms with Crippen molar-refractivity contribution in [3.8, 4) is 0 Å². The summed E-state index contributed by atoms with van der Waals surface area (Å²) in [4.78, 5) is 11.9. The minimum Gasteiger partial charge on any atom is -0.357 e. The molecule has 31 heavy (non-hydrogen) atoms. The molecule has 0 saturated carbocycles. The van der Waals surface area contributed by atoms with E-state index in [1.807, 2.05) is 6.92 Å². The molecule has 8 heteroatoms. The predicted molar refractivity (Wildman–Crippen MR) is 128 cm³/mol. The van der Waals surface area contributed by atoms with E-state index in [0.29, 0.717) is 19.6 Å². The summed E-state index contributed by atoms with van der Waals surface area (Å²) in [6.07, 6.45) is 0. The van der Waals surface area contributed by atoms with Crippen molar-refractivity contribution in [2.75, 3.05) is 58.1 Å². The highest BCUT2D eigenvalue weighted by atomic mass is 32.2. The molecule has 1 aromatic carbocycles. The molecule has 0 radical (unpaired) electrons. The quantitative estimate of drug-likeness (QED) is 0.528. The monoisotopic (exact) mass is 449 g/mol. The fourth-order valence-electron chi connectivity index (χ4n) is 4.19. The third-order valence-electron chi connectivity index (χ3n) is 6.43. The maximum atomic E-state index is 12.3. The lowest BCUT2D eigenvalue weighted by Gasteiger charge is -2.39. The highest BCUT2D eigenvalue weighted by Crippen LogP contribution is 2.24. The average Bonchev–Trinajstić information content (AvgIpc) is 2.75. The van der Waals surface area contributed by atoms with Gasteiger partial charge < -0.3 is 15.1 Å². The predicted octanol–water partition coefficient (Wildman–Crippen LogP) is 1.80. The van der Waals surface area contributed by atoms with E-state index in [9.17, 15) is 8.42 Å². The second-order valence-corrected chi connectivity index (χ2v) is 11.9. The number of nitrogens with one attached hydrogen (secondary N) is 1. The van der Waals surface area contributed by atoms with Gasteiger partial charge in [0.15, 0.2) is 15.8 Å². The zero-order chi connectivity index (χ0) is 22.5. The molecule has 0 bridgehead atoms. The Bertz CT molecular complexity index is 843. The summed E-state index contributed by atoms with van der Waals surface area (Å²) in [6.45, 7) is 16.9. The minimum absolute atomic E-state index is 0.172. The molecule has 2 fully saturated rings. The summed E-state index contributed by atoms with van der Waals surface area (Å²) >= 11 is 0. The van der Waals surface area contributed by atoms with Gasteiger partial charge in [-0.3, -0.25) is 4.90 Å². The van der Waals surface area contributed by atoms with Crippen LogP contribution in [0.15, 0.2) is 29.3 Å². The molecule has 174 valence electrons. The fourth-order valence-corrected chi connectivity index (χ4v) is 5.55. The van der Waals surface area contributed by atoms with Crippen LogP contribution in [-0.4, -0.2) is 91.9 Å². The number of rotatable bonds is 6. The van der Waals surface area contributed by atoms with Crippen molar-refractivity contribution in [3.63, 3.8) is 0 Å². The summed E-state index contributed by atoms with van der Waals surface area (Å²) < 4.78 is 23.9. The van der Waals surface area contributed by atoms with Crippen LogP contribution in [-0.2, 0) is 22.9 Å². The van der Waals surface area contributed by atoms with Gasteiger partial charge in [0.1, 0.15) is 0 Å². The first-order valence-electron chi connectivity index (χ1n) is 11.5. The van der Waals surface area contributed by atoms with Crippen LogP contribution < -0.4 is 5.32 Å². The first-order valence-corrected chi connectivity index (χ1v) is 13.2. The largest absolute Gasteiger partial charge is 0.357 e. The van der Waals surface area contributed by atoms with Gasteiger partial charge in [0.25, 0.3) is 0 Å². The van der Waals surface area contributed by atoms with Gasteiger partial charge >= 0.3 is 0 Å². The molecular formula is C23H39N5O2S. The highest BCUT2D eigenvalue weighted by molar-refractivity contribution is 7.92. The average molecular weight is 450 g/mol. The Morgan fingerprint density at radius 1 is 1.00 bits per heavy atom. The molecule has 3 rings (SSSR count). The van der Waals surface area contributed by atoms with E-state index in [-0.39, 0.29) is 5.75 Å². The normalized spacial score (nSPS) is 22.5. The van der Waals surface area contributed by atoms with Crippen LogP contribution in [0, 0.1) is 0 Å². The molecule has 2 saturated heterocycles. The molecule has 0 aromatic heterocycles. The van der Waals surface area contributed by atoms with Gasteiger partial charge in [0.05, 0.1) is 17.0 Å². The molecular weight excluding hydrogens is 410 g/mol. The van der Waals surface area contributed by atoms with E-state index in [0.717, 1.165) is 51.8 Å². The van der Waals surface area contributed by atoms with E-state index in [4.69, 9.17) is 4.99 Å². The van der Waals surface area contributed by atoms with Crippen molar-refractivity contribution in [1.29, 1.82) is 0 Å². The summed E-state index contributed by atoms with van der Waals surface area (Å²) in [6, 6.07) is 8.74. The third kappa shape index (κ3) is 6.20.